The van der Waals surface area contributed by atoms with E-state index < -0.39 is 23.4 Å². The number of fused-ring (bicyclic) bond motifs is 1. The van der Waals surface area contributed by atoms with Gasteiger partial charge in [0.2, 0.25) is 0 Å². The van der Waals surface area contributed by atoms with Crippen LogP contribution in [0.15, 0.2) is 57.4 Å². The van der Waals surface area contributed by atoms with Crippen LogP contribution in [-0.2, 0) is 15.7 Å². The van der Waals surface area contributed by atoms with E-state index in [2.05, 4.69) is 50.7 Å². The third-order valence-corrected chi connectivity index (χ3v) is 10.5. The summed E-state index contributed by atoms with van der Waals surface area (Å²) in [6.45, 7) is 12.1. The Morgan fingerprint density at radius 3 is 2.37 bits per heavy atom. The molecule has 8 nitrogen and oxygen atoms in total. The molecule has 3 atom stereocenters. The number of thioether (sulfide) groups is 1. The van der Waals surface area contributed by atoms with Crippen molar-refractivity contribution in [3.8, 4) is 0 Å². The summed E-state index contributed by atoms with van der Waals surface area (Å²) in [6, 6.07) is 13.6. The summed E-state index contributed by atoms with van der Waals surface area (Å²) in [5, 5.41) is 0.225. The molecule has 2 aromatic carbocycles. The average Bonchev–Trinajstić information content (AvgIpc) is 3.36. The van der Waals surface area contributed by atoms with Gasteiger partial charge >= 0.3 is 47.4 Å². The number of aryl methyl sites for hydroxylation is 1. The third kappa shape index (κ3) is 10.0. The maximum atomic E-state index is 14.5. The van der Waals surface area contributed by atoms with Crippen molar-refractivity contribution in [1.29, 1.82) is 0 Å². The van der Waals surface area contributed by atoms with Gasteiger partial charge in [-0.25, -0.2) is 19.1 Å². The second kappa shape index (κ2) is 18.3. The minimum absolute atomic E-state index is 0. The first-order valence-corrected chi connectivity index (χ1v) is 18.1. The monoisotopic (exact) mass is 734 g/mol. The van der Waals surface area contributed by atoms with E-state index in [0.29, 0.717) is 23.2 Å². The molecule has 3 unspecified atom stereocenters. The van der Waals surface area contributed by atoms with E-state index in [1.54, 1.807) is 24.3 Å². The van der Waals surface area contributed by atoms with Crippen molar-refractivity contribution in [1.82, 2.24) is 14.5 Å². The number of aromatic nitrogens is 3. The summed E-state index contributed by atoms with van der Waals surface area (Å²) in [5.41, 5.74) is -0.735. The largest absolute Gasteiger partial charge is 1.00 e. The van der Waals surface area contributed by atoms with E-state index >= 15 is 0 Å². The van der Waals surface area contributed by atoms with Crippen molar-refractivity contribution in [3.63, 3.8) is 0 Å². The number of carbonyl (C=O) groups excluding carboxylic acids is 1. The third-order valence-electron chi connectivity index (χ3n) is 9.40. The molecule has 0 radical (unpaired) electrons. The van der Waals surface area contributed by atoms with Crippen LogP contribution in [0.3, 0.4) is 0 Å². The van der Waals surface area contributed by atoms with E-state index in [0.717, 1.165) is 49.2 Å². The zero-order valence-electron chi connectivity index (χ0n) is 30.4. The van der Waals surface area contributed by atoms with E-state index in [9.17, 15) is 22.8 Å². The first-order chi connectivity index (χ1) is 23.3. The number of aliphatic imine (C=N–C) groups is 1. The van der Waals surface area contributed by atoms with Crippen LogP contribution in [0.2, 0.25) is 0 Å². The smallest absolute Gasteiger partial charge is 0.458 e. The van der Waals surface area contributed by atoms with Gasteiger partial charge in [0.15, 0.2) is 11.0 Å². The van der Waals surface area contributed by atoms with Crippen LogP contribution in [0, 0.1) is 36.7 Å². The number of ether oxygens (including phenoxy) is 1. The maximum Gasteiger partial charge on any atom is 1.00 e. The molecule has 3 aromatic rings. The van der Waals surface area contributed by atoms with Gasteiger partial charge in [0.05, 0.1) is 0 Å². The number of halogens is 3. The summed E-state index contributed by atoms with van der Waals surface area (Å²) in [5.74, 6) is 1.13. The van der Waals surface area contributed by atoms with Gasteiger partial charge in [0.1, 0.15) is 17.5 Å². The number of nitrogens with zero attached hydrogens (tertiary/aromatic N) is 4. The summed E-state index contributed by atoms with van der Waals surface area (Å²) < 4.78 is 48.9. The Bertz CT molecular complexity index is 1790. The fraction of sp³-hybridized carbons (Fsp3) is 0.500. The van der Waals surface area contributed by atoms with Crippen LogP contribution in [-0.4, -0.2) is 43.7 Å². The Labute approximate surface area is 324 Å². The Hall–Kier alpha value is -2.77. The average molecular weight is 735 g/mol. The van der Waals surface area contributed by atoms with E-state index in [-0.39, 0.29) is 92.2 Å². The van der Waals surface area contributed by atoms with Gasteiger partial charge in [-0.15, -0.1) is 12.1 Å². The number of hydrogen-bond donors (Lipinski definition) is 0. The molecule has 2 heterocycles. The van der Waals surface area contributed by atoms with Crippen molar-refractivity contribution in [3.05, 3.63) is 81.5 Å². The van der Waals surface area contributed by atoms with Gasteiger partial charge in [-0.2, -0.15) is 29.8 Å². The molecule has 270 valence electrons. The van der Waals surface area contributed by atoms with Crippen LogP contribution < -0.4 is 35.2 Å². The first kappa shape index (κ1) is 42.6. The second-order valence-corrected chi connectivity index (χ2v) is 14.5. The van der Waals surface area contributed by atoms with Crippen molar-refractivity contribution in [2.75, 3.05) is 5.75 Å². The Balaban J connectivity index is 0.00000351. The molecule has 1 fully saturated rings. The second-order valence-electron chi connectivity index (χ2n) is 13.6. The van der Waals surface area contributed by atoms with Crippen LogP contribution in [0.25, 0.3) is 11.1 Å². The number of alkyl halides is 3. The maximum absolute atomic E-state index is 14.5. The zero-order valence-corrected chi connectivity index (χ0v) is 33.3. The van der Waals surface area contributed by atoms with Gasteiger partial charge in [-0.1, -0.05) is 108 Å². The predicted octanol–water partition coefficient (Wildman–Crippen LogP) is 5.37. The molecule has 1 aliphatic carbocycles. The summed E-state index contributed by atoms with van der Waals surface area (Å²) >= 11 is 1.36. The fourth-order valence-corrected chi connectivity index (χ4v) is 8.14. The minimum atomic E-state index is -4.66. The van der Waals surface area contributed by atoms with Gasteiger partial charge in [-0.05, 0) is 54.2 Å². The Morgan fingerprint density at radius 2 is 1.76 bits per heavy atom. The van der Waals surface area contributed by atoms with Gasteiger partial charge in [0.25, 0.3) is 0 Å². The minimum Gasteiger partial charge on any atom is -0.458 e. The number of esters is 1. The quantitative estimate of drug-likeness (QED) is 0.113. The van der Waals surface area contributed by atoms with Crippen molar-refractivity contribution in [2.24, 2.45) is 28.7 Å². The molecule has 51 heavy (non-hydrogen) atoms. The topological polar surface area (TPSA) is 118 Å². The first-order valence-electron chi connectivity index (χ1n) is 17.2. The van der Waals surface area contributed by atoms with Crippen LogP contribution >= 0.6 is 11.8 Å². The van der Waals surface area contributed by atoms with Gasteiger partial charge in [0, 0.05) is 11.3 Å². The summed E-state index contributed by atoms with van der Waals surface area (Å²) in [4.78, 5) is 42.1. The predicted molar refractivity (Wildman–Crippen MR) is 191 cm³/mol. The number of allylic oxidation sites excluding steroid dienone is 1. The number of benzene rings is 2. The van der Waals surface area contributed by atoms with Crippen LogP contribution in [0.1, 0.15) is 95.7 Å². The van der Waals surface area contributed by atoms with Crippen molar-refractivity contribution in [2.45, 2.75) is 97.5 Å². The normalized spacial score (nSPS) is 21.5. The standard InChI is InChI=1S/C38H44F3N4O3S.Na.H2O/c1-7-9-13-26(8-2)21-49-36-43-34-31(35(46)48-32-24(5)16-22(3)17-25(32)6)30(27-14-11-10-12-15-27)33(45(34)37(47)44-36)42-29-19-23(4)18-28(20-29)38(39,40)41;;/h10-12,14-15,19-20,22,24-26,32H,7-9,13,16-17,21H2,1-6H3;;1H2/q-1;+1;. The fourth-order valence-electron chi connectivity index (χ4n) is 7.06. The molecule has 0 amide bonds. The van der Waals surface area contributed by atoms with Crippen LogP contribution in [0.4, 0.5) is 18.9 Å². The molecular weight excluding hydrogens is 688 g/mol. The van der Waals surface area contributed by atoms with E-state index in [4.69, 9.17) is 9.72 Å². The SMILES string of the molecule is CCCCC(CC)CSc1nc2n(c(=O)n1)C(=Nc1cc(C)[c-]c(C(F)(F)F)c1)C(c1ccccc1)=C2C(=O)OC1C(C)CC(C)CC1C.O.[Na+]. The molecule has 0 saturated heterocycles. The Morgan fingerprint density at radius 1 is 1.10 bits per heavy atom. The van der Waals surface area contributed by atoms with Gasteiger partial charge in [-0.3, -0.25) is 4.99 Å². The van der Waals surface area contributed by atoms with Gasteiger partial charge < -0.3 is 10.2 Å². The molecule has 1 aliphatic heterocycles. The molecule has 2 N–H and O–H groups in total. The molecule has 0 spiro atoms. The van der Waals surface area contributed by atoms with Crippen molar-refractivity contribution >= 4 is 40.4 Å². The number of hydrogen-bond acceptors (Lipinski definition) is 7. The summed E-state index contributed by atoms with van der Waals surface area (Å²) in [7, 11) is 0. The molecule has 0 bridgehead atoms. The molecule has 2 aliphatic rings. The van der Waals surface area contributed by atoms with Crippen LogP contribution in [0.5, 0.6) is 0 Å². The van der Waals surface area contributed by atoms with E-state index in [1.165, 1.54) is 24.8 Å². The van der Waals surface area contributed by atoms with Crippen molar-refractivity contribution < 1.29 is 57.7 Å². The number of unbranched alkanes of at least 4 members (excludes halogenated alkanes) is 1. The summed E-state index contributed by atoms with van der Waals surface area (Å²) in [6.07, 6.45) is 0.965. The zero-order chi connectivity index (χ0) is 35.5. The van der Waals surface area contributed by atoms with E-state index in [1.807, 2.05) is 6.07 Å². The molecular formula is C38H46F3N4NaO4S. The molecule has 1 aromatic heterocycles. The number of rotatable bonds is 11. The Kier molecular flexibility index (Phi) is 15.3. The number of carbonyl (C=O) groups is 1. The molecule has 13 heteroatoms. The molecule has 5 rings (SSSR count). The molecule has 1 saturated carbocycles.